The van der Waals surface area contributed by atoms with Gasteiger partial charge < -0.3 is 14.6 Å². The summed E-state index contributed by atoms with van der Waals surface area (Å²) in [5.74, 6) is -0.432. The van der Waals surface area contributed by atoms with Crippen LogP contribution in [0.5, 0.6) is 11.5 Å². The molecule has 1 rings (SSSR count). The fraction of sp³-hybridized carbons (Fsp3) is 0.500. The predicted octanol–water partition coefficient (Wildman–Crippen LogP) is 3.47. The highest BCUT2D eigenvalue weighted by molar-refractivity contribution is 5.83. The number of unbranched alkanes of at least 4 members (excludes halogenated alkanes) is 2. The molecule has 1 N–H and O–H groups in total. The first-order chi connectivity index (χ1) is 11.5. The third-order valence-electron chi connectivity index (χ3n) is 2.93. The molecule has 8 nitrogen and oxygen atoms in total. The van der Waals surface area contributed by atoms with E-state index in [4.69, 9.17) is 14.6 Å². The third-order valence-corrected chi connectivity index (χ3v) is 2.93. The largest absolute Gasteiger partial charge is 0.493 e. The smallest absolute Gasteiger partial charge is 0.303 e. The van der Waals surface area contributed by atoms with Crippen molar-refractivity contribution in [2.75, 3.05) is 13.7 Å². The topological polar surface area (TPSA) is 116 Å². The molecule has 0 fully saturated rings. The van der Waals surface area contributed by atoms with Crippen molar-refractivity contribution >= 4 is 17.9 Å². The molecule has 0 aliphatic carbocycles. The van der Waals surface area contributed by atoms with E-state index in [1.807, 2.05) is 13.8 Å². The summed E-state index contributed by atoms with van der Waals surface area (Å²) < 4.78 is 10.5. The Kier molecular flexibility index (Phi) is 10.6. The zero-order valence-electron chi connectivity index (χ0n) is 14.1. The van der Waals surface area contributed by atoms with Crippen molar-refractivity contribution in [1.82, 2.24) is 0 Å². The van der Waals surface area contributed by atoms with Crippen LogP contribution in [-0.2, 0) is 4.79 Å². The average molecular weight is 341 g/mol. The average Bonchev–Trinajstić information content (AvgIpc) is 2.58. The van der Waals surface area contributed by atoms with Crippen LogP contribution < -0.4 is 9.47 Å². The van der Waals surface area contributed by atoms with Gasteiger partial charge in [-0.15, -0.1) is 0 Å². The molecule has 0 spiro atoms. The molecule has 0 heterocycles. The lowest BCUT2D eigenvalue weighted by atomic mass is 10.1. The van der Waals surface area contributed by atoms with Gasteiger partial charge in [0, 0.05) is 12.5 Å². The van der Waals surface area contributed by atoms with Gasteiger partial charge in [-0.1, -0.05) is 13.8 Å². The summed E-state index contributed by atoms with van der Waals surface area (Å²) in [6.45, 7) is 4.27. The van der Waals surface area contributed by atoms with Gasteiger partial charge in [0.05, 0.1) is 30.3 Å². The Labute approximate surface area is 140 Å². The van der Waals surface area contributed by atoms with Gasteiger partial charge in [-0.2, -0.15) is 0 Å². The number of aldehydes is 1. The Hall–Kier alpha value is -2.64. The Morgan fingerprint density at radius 2 is 1.92 bits per heavy atom. The summed E-state index contributed by atoms with van der Waals surface area (Å²) in [5, 5.41) is 19.4. The summed E-state index contributed by atoms with van der Waals surface area (Å²) in [5.41, 5.74) is -0.438. The third kappa shape index (κ3) is 7.08. The normalized spacial score (nSPS) is 9.46. The first-order valence-electron chi connectivity index (χ1n) is 7.65. The molecule has 24 heavy (non-hydrogen) atoms. The number of nitrogens with zero attached hydrogens (tertiary/aromatic N) is 1. The minimum Gasteiger partial charge on any atom is -0.493 e. The molecule has 0 unspecified atom stereocenters. The van der Waals surface area contributed by atoms with Crippen molar-refractivity contribution in [3.8, 4) is 11.5 Å². The highest BCUT2D eigenvalue weighted by Crippen LogP contribution is 2.34. The van der Waals surface area contributed by atoms with E-state index < -0.39 is 10.9 Å². The van der Waals surface area contributed by atoms with Gasteiger partial charge in [-0.05, 0) is 19.3 Å². The van der Waals surface area contributed by atoms with Crippen molar-refractivity contribution in [1.29, 1.82) is 0 Å². The van der Waals surface area contributed by atoms with Crippen molar-refractivity contribution in [3.63, 3.8) is 0 Å². The van der Waals surface area contributed by atoms with Gasteiger partial charge in [-0.25, -0.2) is 0 Å². The quantitative estimate of drug-likeness (QED) is 0.300. The predicted molar refractivity (Wildman–Crippen MR) is 88.0 cm³/mol. The van der Waals surface area contributed by atoms with Crippen molar-refractivity contribution < 1.29 is 29.1 Å². The number of nitro groups is 1. The van der Waals surface area contributed by atoms with Crippen LogP contribution in [0.1, 0.15) is 49.9 Å². The lowest BCUT2D eigenvalue weighted by Gasteiger charge is -2.11. The van der Waals surface area contributed by atoms with Crippen LogP contribution in [0.15, 0.2) is 12.1 Å². The van der Waals surface area contributed by atoms with Gasteiger partial charge in [0.2, 0.25) is 0 Å². The number of carbonyl (C=O) groups excluding carboxylic acids is 1. The molecule has 1 aromatic carbocycles. The van der Waals surface area contributed by atoms with Gasteiger partial charge in [-0.3, -0.25) is 19.7 Å². The number of carboxylic acid groups (broad SMARTS) is 1. The number of carbonyl (C=O) groups is 2. The maximum Gasteiger partial charge on any atom is 0.303 e. The molecule has 0 saturated carbocycles. The molecule has 0 saturated heterocycles. The number of hydrogen-bond acceptors (Lipinski definition) is 6. The summed E-state index contributed by atoms with van der Waals surface area (Å²) in [7, 11) is 1.37. The second-order valence-electron chi connectivity index (χ2n) is 4.49. The molecule has 0 aliphatic heterocycles. The highest BCUT2D eigenvalue weighted by Gasteiger charge is 2.19. The van der Waals surface area contributed by atoms with Crippen molar-refractivity contribution in [2.45, 2.75) is 39.5 Å². The summed E-state index contributed by atoms with van der Waals surface area (Å²) in [6.07, 6.45) is 2.31. The van der Waals surface area contributed by atoms with E-state index in [0.717, 1.165) is 6.07 Å². The van der Waals surface area contributed by atoms with E-state index in [1.54, 1.807) is 0 Å². The van der Waals surface area contributed by atoms with E-state index in [9.17, 15) is 19.7 Å². The van der Waals surface area contributed by atoms with Crippen molar-refractivity contribution in [3.05, 3.63) is 27.8 Å². The summed E-state index contributed by atoms with van der Waals surface area (Å²) >= 11 is 0. The molecule has 134 valence electrons. The van der Waals surface area contributed by atoms with E-state index in [1.165, 1.54) is 13.2 Å². The van der Waals surface area contributed by atoms with Gasteiger partial charge in [0.25, 0.3) is 5.69 Å². The number of nitro benzene ring substituents is 1. The zero-order chi connectivity index (χ0) is 18.5. The van der Waals surface area contributed by atoms with Crippen LogP contribution >= 0.6 is 0 Å². The molecule has 8 heteroatoms. The second kappa shape index (κ2) is 11.9. The fourth-order valence-corrected chi connectivity index (χ4v) is 1.83. The standard InChI is InChI=1S/C14H17NO7.C2H6/c1-21-12-7-10(9-16)11(15(19)20)8-13(12)22-6-4-2-3-5-14(17)18;1-2/h7-9H,2-6H2,1H3,(H,17,18);1-2H3. The van der Waals surface area contributed by atoms with Gasteiger partial charge >= 0.3 is 5.97 Å². The van der Waals surface area contributed by atoms with Crippen LogP contribution in [0, 0.1) is 10.1 Å². The number of carboxylic acids is 1. The monoisotopic (exact) mass is 341 g/mol. The van der Waals surface area contributed by atoms with Crippen LogP contribution in [0.25, 0.3) is 0 Å². The first-order valence-corrected chi connectivity index (χ1v) is 7.65. The number of aliphatic carboxylic acids is 1. The van der Waals surface area contributed by atoms with Crippen LogP contribution in [0.4, 0.5) is 5.69 Å². The molecule has 0 bridgehead atoms. The van der Waals surface area contributed by atoms with Crippen LogP contribution in [0.3, 0.4) is 0 Å². The molecule has 0 radical (unpaired) electrons. The lowest BCUT2D eigenvalue weighted by molar-refractivity contribution is -0.385. The second-order valence-corrected chi connectivity index (χ2v) is 4.49. The first kappa shape index (κ1) is 21.4. The fourth-order valence-electron chi connectivity index (χ4n) is 1.83. The van der Waals surface area contributed by atoms with Crippen LogP contribution in [0.2, 0.25) is 0 Å². The summed E-state index contributed by atoms with van der Waals surface area (Å²) in [4.78, 5) is 31.5. The Morgan fingerprint density at radius 1 is 1.25 bits per heavy atom. The molecule has 0 aromatic heterocycles. The van der Waals surface area contributed by atoms with E-state index in [2.05, 4.69) is 0 Å². The Bertz CT molecular complexity index is 558. The van der Waals surface area contributed by atoms with Crippen molar-refractivity contribution in [2.24, 2.45) is 0 Å². The van der Waals surface area contributed by atoms with Gasteiger partial charge in [0.1, 0.15) is 0 Å². The molecular formula is C16H23NO7. The van der Waals surface area contributed by atoms with E-state index in [0.29, 0.717) is 25.5 Å². The molecular weight excluding hydrogens is 318 g/mol. The lowest BCUT2D eigenvalue weighted by Crippen LogP contribution is -2.03. The molecule has 0 atom stereocenters. The minimum atomic E-state index is -0.845. The number of ether oxygens (including phenoxy) is 2. The number of rotatable bonds is 10. The maximum atomic E-state index is 10.9. The SMILES string of the molecule is CC.COc1cc(C=O)c([N+](=O)[O-])cc1OCCCCCC(=O)O. The van der Waals surface area contributed by atoms with Gasteiger partial charge in [0.15, 0.2) is 17.8 Å². The molecule has 0 aliphatic rings. The Morgan fingerprint density at radius 3 is 2.42 bits per heavy atom. The number of hydrogen-bond donors (Lipinski definition) is 1. The number of benzene rings is 1. The zero-order valence-corrected chi connectivity index (χ0v) is 14.1. The molecule has 1 aromatic rings. The molecule has 0 amide bonds. The van der Waals surface area contributed by atoms with Crippen LogP contribution in [-0.4, -0.2) is 36.0 Å². The minimum absolute atomic E-state index is 0.0874. The van der Waals surface area contributed by atoms with E-state index >= 15 is 0 Å². The number of methoxy groups -OCH3 is 1. The summed E-state index contributed by atoms with van der Waals surface area (Å²) in [6, 6.07) is 2.41. The van der Waals surface area contributed by atoms with E-state index in [-0.39, 0.29) is 35.8 Å². The highest BCUT2D eigenvalue weighted by atomic mass is 16.6. The maximum absolute atomic E-state index is 10.9. The Balaban J connectivity index is 0.00000254.